The van der Waals surface area contributed by atoms with Crippen LogP contribution >= 0.6 is 0 Å². The third-order valence-electron chi connectivity index (χ3n) is 1.01. The topological polar surface area (TPSA) is 64.9 Å². The molecule has 10 heavy (non-hydrogen) atoms. The maximum Gasteiger partial charge on any atom is 0.228 e. The van der Waals surface area contributed by atoms with Crippen molar-refractivity contribution in [2.45, 2.75) is 6.92 Å². The molecule has 1 aromatic rings. The Morgan fingerprint density at radius 3 is 3.10 bits per heavy atom. The van der Waals surface area contributed by atoms with Crippen molar-refractivity contribution in [1.29, 1.82) is 5.41 Å². The van der Waals surface area contributed by atoms with Crippen LogP contribution in [-0.4, -0.2) is 16.3 Å². The molecule has 0 aromatic carbocycles. The Morgan fingerprint density at radius 1 is 1.80 bits per heavy atom. The summed E-state index contributed by atoms with van der Waals surface area (Å²) in [6.07, 6.45) is 4.43. The number of aromatic amines is 1. The fourth-order valence-electron chi connectivity index (χ4n) is 0.548. The van der Waals surface area contributed by atoms with Crippen LogP contribution in [0.25, 0.3) is 0 Å². The van der Waals surface area contributed by atoms with Gasteiger partial charge in [-0.15, -0.1) is 0 Å². The van der Waals surface area contributed by atoms with E-state index < -0.39 is 0 Å². The molecule has 0 saturated carbocycles. The number of H-pyrrole nitrogens is 1. The van der Waals surface area contributed by atoms with Crippen molar-refractivity contribution in [3.8, 4) is 0 Å². The molecule has 0 amide bonds. The van der Waals surface area contributed by atoms with Crippen LogP contribution in [0.5, 0.6) is 0 Å². The summed E-state index contributed by atoms with van der Waals surface area (Å²) in [7, 11) is 0. The van der Waals surface area contributed by atoms with Gasteiger partial charge in [0.25, 0.3) is 0 Å². The molecule has 1 aromatic heterocycles. The Kier molecular flexibility index (Phi) is 1.94. The molecule has 1 rings (SSSR count). The van der Waals surface area contributed by atoms with Gasteiger partial charge in [0, 0.05) is 12.4 Å². The minimum Gasteiger partial charge on any atom is -0.330 e. The van der Waals surface area contributed by atoms with Gasteiger partial charge in [0.15, 0.2) is 0 Å². The Balaban J connectivity index is 3.11. The second kappa shape index (κ2) is 2.91. The summed E-state index contributed by atoms with van der Waals surface area (Å²) < 4.78 is 0. The largest absolute Gasteiger partial charge is 0.330 e. The van der Waals surface area contributed by atoms with E-state index in [9.17, 15) is 0 Å². The van der Waals surface area contributed by atoms with E-state index in [2.05, 4.69) is 15.0 Å². The monoisotopic (exact) mass is 136 g/mol. The lowest BCUT2D eigenvalue weighted by Gasteiger charge is -1.87. The van der Waals surface area contributed by atoms with E-state index in [1.165, 1.54) is 0 Å². The average molecular weight is 136 g/mol. The van der Waals surface area contributed by atoms with Crippen molar-refractivity contribution in [1.82, 2.24) is 9.97 Å². The molecular weight excluding hydrogens is 128 g/mol. The average Bonchev–Trinajstić information content (AvgIpc) is 1.95. The maximum absolute atomic E-state index is 6.64. The molecule has 0 aliphatic carbocycles. The van der Waals surface area contributed by atoms with Gasteiger partial charge >= 0.3 is 0 Å². The van der Waals surface area contributed by atoms with Crippen molar-refractivity contribution < 1.29 is 0 Å². The number of hydrogen-bond donors (Lipinski definition) is 2. The number of nitrogens with zero attached hydrogens (tertiary/aromatic N) is 2. The molecule has 1 heterocycles. The van der Waals surface area contributed by atoms with E-state index in [0.29, 0.717) is 5.62 Å². The smallest absolute Gasteiger partial charge is 0.228 e. The van der Waals surface area contributed by atoms with Gasteiger partial charge in [-0.1, -0.05) is 0 Å². The summed E-state index contributed by atoms with van der Waals surface area (Å²) in [4.78, 5) is 10.3. The fraction of sp³-hybridized carbons (Fsp3) is 0.167. The third kappa shape index (κ3) is 1.51. The lowest BCUT2D eigenvalue weighted by molar-refractivity contribution is 1.00. The van der Waals surface area contributed by atoms with Crippen molar-refractivity contribution >= 4 is 6.34 Å². The van der Waals surface area contributed by atoms with Crippen LogP contribution in [0.15, 0.2) is 17.4 Å². The second-order valence-corrected chi connectivity index (χ2v) is 1.87. The molecule has 0 radical (unpaired) electrons. The van der Waals surface area contributed by atoms with Crippen molar-refractivity contribution in [2.24, 2.45) is 4.99 Å². The zero-order chi connectivity index (χ0) is 7.40. The molecule has 4 heteroatoms. The summed E-state index contributed by atoms with van der Waals surface area (Å²) in [5.74, 6) is 0. The van der Waals surface area contributed by atoms with Gasteiger partial charge in [-0.05, 0) is 12.5 Å². The maximum atomic E-state index is 6.64. The molecule has 0 spiro atoms. The first-order chi connectivity index (χ1) is 4.83. The zero-order valence-corrected chi connectivity index (χ0v) is 5.63. The summed E-state index contributed by atoms with van der Waals surface area (Å²) in [5, 5.41) is 6.64. The van der Waals surface area contributed by atoms with E-state index in [1.54, 1.807) is 12.4 Å². The Bertz CT molecular complexity index is 266. The van der Waals surface area contributed by atoms with Gasteiger partial charge in [0.2, 0.25) is 5.62 Å². The van der Waals surface area contributed by atoms with E-state index >= 15 is 0 Å². The molecule has 0 saturated heterocycles. The van der Waals surface area contributed by atoms with Crippen LogP contribution < -0.4 is 5.62 Å². The number of hydrogen-bond acceptors (Lipinski definition) is 2. The van der Waals surface area contributed by atoms with Crippen molar-refractivity contribution in [3.63, 3.8) is 0 Å². The first-order valence-corrected chi connectivity index (χ1v) is 2.87. The highest BCUT2D eigenvalue weighted by atomic mass is 15.0. The van der Waals surface area contributed by atoms with Crippen LogP contribution in [0.3, 0.4) is 0 Å². The molecule has 0 unspecified atom stereocenters. The molecule has 0 atom stereocenters. The summed E-state index contributed by atoms with van der Waals surface area (Å²) in [6, 6.07) is 0. The minimum absolute atomic E-state index is 0.459. The molecule has 0 aliphatic rings. The molecule has 0 fully saturated rings. The lowest BCUT2D eigenvalue weighted by Crippen LogP contribution is -2.11. The van der Waals surface area contributed by atoms with Crippen LogP contribution in [0, 0.1) is 12.3 Å². The SMILES string of the molecule is Cc1cn/c(=N/C=N)[nH]c1. The highest BCUT2D eigenvalue weighted by molar-refractivity contribution is 5.50. The summed E-state index contributed by atoms with van der Waals surface area (Å²) in [5.41, 5.74) is 1.50. The molecule has 4 nitrogen and oxygen atoms in total. The first kappa shape index (κ1) is 6.67. The van der Waals surface area contributed by atoms with Gasteiger partial charge in [-0.3, -0.25) is 5.41 Å². The number of aromatic nitrogens is 2. The van der Waals surface area contributed by atoms with E-state index in [-0.39, 0.29) is 0 Å². The van der Waals surface area contributed by atoms with Crippen molar-refractivity contribution in [3.05, 3.63) is 23.6 Å². The highest BCUT2D eigenvalue weighted by Gasteiger charge is 1.80. The van der Waals surface area contributed by atoms with Crippen molar-refractivity contribution in [2.75, 3.05) is 0 Å². The van der Waals surface area contributed by atoms with Crippen LogP contribution in [0.2, 0.25) is 0 Å². The van der Waals surface area contributed by atoms with E-state index in [4.69, 9.17) is 5.41 Å². The van der Waals surface area contributed by atoms with Gasteiger partial charge in [0.05, 0.1) is 0 Å². The lowest BCUT2D eigenvalue weighted by atomic mass is 10.4. The molecular formula is C6H8N4. The third-order valence-corrected chi connectivity index (χ3v) is 1.01. The normalized spacial score (nSPS) is 11.5. The van der Waals surface area contributed by atoms with E-state index in [0.717, 1.165) is 11.9 Å². The Hall–Kier alpha value is -1.45. The van der Waals surface area contributed by atoms with Gasteiger partial charge in [0.1, 0.15) is 6.34 Å². The van der Waals surface area contributed by atoms with Gasteiger partial charge in [-0.25, -0.2) is 9.98 Å². The number of aryl methyl sites for hydroxylation is 1. The molecule has 2 N–H and O–H groups in total. The predicted octanol–water partition coefficient (Wildman–Crippen LogP) is 0.226. The Morgan fingerprint density at radius 2 is 2.60 bits per heavy atom. The van der Waals surface area contributed by atoms with Crippen LogP contribution in [0.4, 0.5) is 0 Å². The zero-order valence-electron chi connectivity index (χ0n) is 5.63. The quantitative estimate of drug-likeness (QED) is 0.421. The molecule has 52 valence electrons. The van der Waals surface area contributed by atoms with Crippen LogP contribution in [0.1, 0.15) is 5.56 Å². The summed E-state index contributed by atoms with van der Waals surface area (Å²) >= 11 is 0. The van der Waals surface area contributed by atoms with Crippen LogP contribution in [-0.2, 0) is 0 Å². The first-order valence-electron chi connectivity index (χ1n) is 2.87. The van der Waals surface area contributed by atoms with Gasteiger partial charge < -0.3 is 4.98 Å². The number of nitrogens with one attached hydrogen (secondary N) is 2. The molecule has 0 bridgehead atoms. The standard InChI is InChI=1S/C6H8N4/c1-5-2-8-6(9-3-5)10-4-7/h2-4H,1H3,(H2,7,8,9,10). The fourth-order valence-corrected chi connectivity index (χ4v) is 0.548. The summed E-state index contributed by atoms with van der Waals surface area (Å²) in [6.45, 7) is 1.93. The number of rotatable bonds is 1. The van der Waals surface area contributed by atoms with E-state index in [1.807, 2.05) is 6.92 Å². The molecule has 0 aliphatic heterocycles. The van der Waals surface area contributed by atoms with Gasteiger partial charge in [-0.2, -0.15) is 0 Å². The minimum atomic E-state index is 0.459. The predicted molar refractivity (Wildman–Crippen MR) is 37.7 cm³/mol. The second-order valence-electron chi connectivity index (χ2n) is 1.87. The Labute approximate surface area is 58.2 Å². The highest BCUT2D eigenvalue weighted by Crippen LogP contribution is 1.82.